The minimum Gasteiger partial charge on any atom is -0.310 e. The molecule has 0 saturated heterocycles. The summed E-state index contributed by atoms with van der Waals surface area (Å²) in [6.07, 6.45) is 0. The molecule has 1 aromatic heterocycles. The summed E-state index contributed by atoms with van der Waals surface area (Å²) in [6, 6.07) is 40.9. The highest BCUT2D eigenvalue weighted by Crippen LogP contribution is 2.48. The summed E-state index contributed by atoms with van der Waals surface area (Å²) in [6.45, 7) is 6.81. The number of anilines is 3. The highest BCUT2D eigenvalue weighted by Gasteiger charge is 2.34. The second kappa shape index (κ2) is 8.10. The van der Waals surface area contributed by atoms with Gasteiger partial charge in [-0.2, -0.15) is 5.26 Å². The molecule has 0 bridgehead atoms. The highest BCUT2D eigenvalue weighted by molar-refractivity contribution is 6.12. The van der Waals surface area contributed by atoms with Crippen LogP contribution in [-0.2, 0) is 5.41 Å². The van der Waals surface area contributed by atoms with Gasteiger partial charge in [-0.1, -0.05) is 68.4 Å². The fourth-order valence-corrected chi connectivity index (χ4v) is 6.22. The minimum absolute atomic E-state index is 0.0843. The first kappa shape index (κ1) is 22.4. The number of aromatic nitrogens is 1. The monoisotopic (exact) mass is 489 g/mol. The van der Waals surface area contributed by atoms with Crippen LogP contribution in [0.5, 0.6) is 0 Å². The fourth-order valence-electron chi connectivity index (χ4n) is 6.22. The molecule has 2 heterocycles. The van der Waals surface area contributed by atoms with Crippen LogP contribution >= 0.6 is 0 Å². The topological polar surface area (TPSA) is 32.0 Å². The van der Waals surface area contributed by atoms with Gasteiger partial charge in [0.15, 0.2) is 0 Å². The van der Waals surface area contributed by atoms with Crippen LogP contribution in [0.4, 0.5) is 17.1 Å². The van der Waals surface area contributed by atoms with Crippen molar-refractivity contribution < 1.29 is 0 Å². The molecule has 5 aromatic carbocycles. The van der Waals surface area contributed by atoms with Gasteiger partial charge in [0, 0.05) is 33.2 Å². The molecule has 0 unspecified atom stereocenters. The zero-order valence-corrected chi connectivity index (χ0v) is 21.7. The van der Waals surface area contributed by atoms with Crippen LogP contribution in [0, 0.1) is 18.3 Å². The largest absolute Gasteiger partial charge is 0.310 e. The average molecular weight is 490 g/mol. The second-order valence-electron chi connectivity index (χ2n) is 10.7. The van der Waals surface area contributed by atoms with E-state index in [1.54, 1.807) is 0 Å². The van der Waals surface area contributed by atoms with E-state index in [0.29, 0.717) is 5.56 Å². The van der Waals surface area contributed by atoms with Crippen LogP contribution in [0.2, 0.25) is 0 Å². The molecule has 7 rings (SSSR count). The number of rotatable bonds is 3. The Morgan fingerprint density at radius 3 is 2.21 bits per heavy atom. The van der Waals surface area contributed by atoms with E-state index in [9.17, 15) is 5.26 Å². The first-order chi connectivity index (χ1) is 18.5. The van der Waals surface area contributed by atoms with Gasteiger partial charge in [-0.15, -0.1) is 0 Å². The van der Waals surface area contributed by atoms with E-state index in [-0.39, 0.29) is 5.41 Å². The molecule has 0 saturated carbocycles. The Labute approximate surface area is 222 Å². The van der Waals surface area contributed by atoms with Crippen LogP contribution in [0.1, 0.15) is 36.1 Å². The molecule has 0 radical (unpaired) electrons. The zero-order chi connectivity index (χ0) is 26.0. The van der Waals surface area contributed by atoms with Crippen molar-refractivity contribution in [2.45, 2.75) is 26.2 Å². The summed E-state index contributed by atoms with van der Waals surface area (Å²) in [7, 11) is 0. The third kappa shape index (κ3) is 3.07. The van der Waals surface area contributed by atoms with Crippen LogP contribution in [0.3, 0.4) is 0 Å². The van der Waals surface area contributed by atoms with Crippen LogP contribution < -0.4 is 4.90 Å². The molecule has 6 aromatic rings. The van der Waals surface area contributed by atoms with E-state index in [4.69, 9.17) is 0 Å². The Kier molecular flexibility index (Phi) is 4.77. The molecule has 0 spiro atoms. The van der Waals surface area contributed by atoms with E-state index in [2.05, 4.69) is 121 Å². The molecule has 1 aliphatic rings. The summed E-state index contributed by atoms with van der Waals surface area (Å²) >= 11 is 0. The van der Waals surface area contributed by atoms with Crippen LogP contribution in [-0.4, -0.2) is 4.57 Å². The van der Waals surface area contributed by atoms with E-state index >= 15 is 0 Å². The molecule has 0 atom stereocenters. The van der Waals surface area contributed by atoms with E-state index in [1.165, 1.54) is 44.2 Å². The van der Waals surface area contributed by atoms with Gasteiger partial charge < -0.3 is 9.47 Å². The standard InChI is InChI=1S/C35H27N3/c1-23-9-4-6-13-31(23)37(25-17-15-24(22-36)16-18-25)26-19-20-32-28(21-26)27-10-8-12-30-34(27)38(32)33-14-7-5-11-29(33)35(30,2)3/h4-21H,1-3H3. The van der Waals surface area contributed by atoms with Crippen molar-refractivity contribution in [2.24, 2.45) is 0 Å². The molecule has 182 valence electrons. The molecular weight excluding hydrogens is 462 g/mol. The van der Waals surface area contributed by atoms with Gasteiger partial charge in [-0.3, -0.25) is 0 Å². The Hall–Kier alpha value is -4.81. The number of benzene rings is 5. The van der Waals surface area contributed by atoms with Crippen molar-refractivity contribution in [3.05, 3.63) is 131 Å². The minimum atomic E-state index is -0.0843. The molecular formula is C35H27N3. The summed E-state index contributed by atoms with van der Waals surface area (Å²) < 4.78 is 2.45. The number of para-hydroxylation sites is 3. The van der Waals surface area contributed by atoms with Gasteiger partial charge >= 0.3 is 0 Å². The van der Waals surface area contributed by atoms with Crippen LogP contribution in [0.15, 0.2) is 109 Å². The maximum atomic E-state index is 9.36. The van der Waals surface area contributed by atoms with E-state index in [1.807, 2.05) is 24.3 Å². The molecule has 3 heteroatoms. The lowest BCUT2D eigenvalue weighted by Gasteiger charge is -2.34. The highest BCUT2D eigenvalue weighted by atomic mass is 15.1. The Bertz CT molecular complexity index is 1920. The first-order valence-electron chi connectivity index (χ1n) is 13.0. The lowest BCUT2D eigenvalue weighted by molar-refractivity contribution is 0.630. The lowest BCUT2D eigenvalue weighted by Crippen LogP contribution is -2.26. The number of nitrogens with zero attached hydrogens (tertiary/aromatic N) is 3. The first-order valence-corrected chi connectivity index (χ1v) is 13.0. The zero-order valence-electron chi connectivity index (χ0n) is 21.7. The smallest absolute Gasteiger partial charge is 0.0991 e. The normalized spacial score (nSPS) is 13.3. The van der Waals surface area contributed by atoms with Crippen molar-refractivity contribution in [1.82, 2.24) is 4.57 Å². The number of nitriles is 1. The summed E-state index contributed by atoms with van der Waals surface area (Å²) in [5, 5.41) is 11.9. The van der Waals surface area contributed by atoms with Crippen molar-refractivity contribution in [3.8, 4) is 11.8 Å². The molecule has 38 heavy (non-hydrogen) atoms. The fraction of sp³-hybridized carbons (Fsp3) is 0.114. The molecule has 0 fully saturated rings. The maximum absolute atomic E-state index is 9.36. The number of hydrogen-bond donors (Lipinski definition) is 0. The van der Waals surface area contributed by atoms with Gasteiger partial charge in [-0.25, -0.2) is 0 Å². The van der Waals surface area contributed by atoms with Crippen molar-refractivity contribution in [1.29, 1.82) is 5.26 Å². The van der Waals surface area contributed by atoms with Gasteiger partial charge in [0.2, 0.25) is 0 Å². The van der Waals surface area contributed by atoms with Gasteiger partial charge in [0.25, 0.3) is 0 Å². The van der Waals surface area contributed by atoms with E-state index < -0.39 is 0 Å². The Balaban J connectivity index is 1.53. The quantitative estimate of drug-likeness (QED) is 0.248. The van der Waals surface area contributed by atoms with Crippen LogP contribution in [0.25, 0.3) is 27.5 Å². The van der Waals surface area contributed by atoms with Crippen molar-refractivity contribution >= 4 is 38.9 Å². The van der Waals surface area contributed by atoms with Crippen molar-refractivity contribution in [3.63, 3.8) is 0 Å². The predicted molar refractivity (Wildman–Crippen MR) is 157 cm³/mol. The number of hydrogen-bond acceptors (Lipinski definition) is 2. The van der Waals surface area contributed by atoms with E-state index in [0.717, 1.165) is 17.1 Å². The molecule has 0 N–H and O–H groups in total. The van der Waals surface area contributed by atoms with Gasteiger partial charge in [-0.05, 0) is 78.2 Å². The molecule has 0 amide bonds. The summed E-state index contributed by atoms with van der Waals surface area (Å²) in [5.41, 5.74) is 11.5. The second-order valence-corrected chi connectivity index (χ2v) is 10.7. The maximum Gasteiger partial charge on any atom is 0.0991 e. The SMILES string of the molecule is Cc1ccccc1N(c1ccc(C#N)cc1)c1ccc2c(c1)c1cccc3c1n2-c1ccccc1C3(C)C. The Morgan fingerprint density at radius 2 is 1.42 bits per heavy atom. The Morgan fingerprint density at radius 1 is 0.711 bits per heavy atom. The average Bonchev–Trinajstić information content (AvgIpc) is 3.28. The molecule has 1 aliphatic heterocycles. The third-order valence-corrected chi connectivity index (χ3v) is 8.13. The predicted octanol–water partition coefficient (Wildman–Crippen LogP) is 9.07. The van der Waals surface area contributed by atoms with Gasteiger partial charge in [0.05, 0.1) is 28.4 Å². The summed E-state index contributed by atoms with van der Waals surface area (Å²) in [4.78, 5) is 2.29. The third-order valence-electron chi connectivity index (χ3n) is 8.13. The lowest BCUT2D eigenvalue weighted by atomic mass is 9.75. The molecule has 3 nitrogen and oxygen atoms in total. The number of aryl methyl sites for hydroxylation is 1. The van der Waals surface area contributed by atoms with Gasteiger partial charge in [0.1, 0.15) is 0 Å². The summed E-state index contributed by atoms with van der Waals surface area (Å²) in [5.74, 6) is 0. The number of fused-ring (bicyclic) bond motifs is 5. The van der Waals surface area contributed by atoms with Crippen molar-refractivity contribution in [2.75, 3.05) is 4.90 Å². The molecule has 0 aliphatic carbocycles.